The molecule has 3 rings (SSSR count). The normalized spacial score (nSPS) is 10.4. The van der Waals surface area contributed by atoms with Gasteiger partial charge in [0.15, 0.2) is 11.7 Å². The Balaban J connectivity index is 1.45. The highest BCUT2D eigenvalue weighted by Gasteiger charge is 2.10. The third-order valence-electron chi connectivity index (χ3n) is 4.12. The molecule has 138 valence electrons. The number of aromatic nitrogens is 1. The molecule has 0 spiro atoms. The Labute approximate surface area is 157 Å². The third-order valence-corrected chi connectivity index (χ3v) is 4.12. The van der Waals surface area contributed by atoms with E-state index in [9.17, 15) is 9.59 Å². The van der Waals surface area contributed by atoms with E-state index in [0.29, 0.717) is 23.6 Å². The van der Waals surface area contributed by atoms with Gasteiger partial charge in [-0.1, -0.05) is 49.4 Å². The second-order valence-electron chi connectivity index (χ2n) is 6.04. The van der Waals surface area contributed by atoms with Gasteiger partial charge in [0.2, 0.25) is 5.91 Å². The lowest BCUT2D eigenvalue weighted by Crippen LogP contribution is -2.41. The minimum Gasteiger partial charge on any atom is -0.441 e. The first-order chi connectivity index (χ1) is 13.2. The van der Waals surface area contributed by atoms with Crippen molar-refractivity contribution in [2.24, 2.45) is 0 Å². The van der Waals surface area contributed by atoms with E-state index in [1.807, 2.05) is 49.4 Å². The molecule has 0 saturated carbocycles. The van der Waals surface area contributed by atoms with Crippen molar-refractivity contribution >= 4 is 11.8 Å². The highest BCUT2D eigenvalue weighted by atomic mass is 16.4. The van der Waals surface area contributed by atoms with Gasteiger partial charge in [-0.05, 0) is 24.1 Å². The molecule has 0 fully saturated rings. The van der Waals surface area contributed by atoms with Crippen molar-refractivity contribution in [3.63, 3.8) is 0 Å². The zero-order valence-corrected chi connectivity index (χ0v) is 15.1. The van der Waals surface area contributed by atoms with E-state index in [1.165, 1.54) is 0 Å². The average molecular weight is 363 g/mol. The second-order valence-corrected chi connectivity index (χ2v) is 6.04. The number of amides is 2. The Hall–Kier alpha value is -3.41. The summed E-state index contributed by atoms with van der Waals surface area (Å²) in [7, 11) is 0. The number of hydrogen-bond donors (Lipinski definition) is 2. The molecular weight excluding hydrogens is 342 g/mol. The number of benzene rings is 2. The number of nitrogens with one attached hydrogen (secondary N) is 2. The van der Waals surface area contributed by atoms with Gasteiger partial charge in [-0.25, -0.2) is 4.98 Å². The Kier molecular flexibility index (Phi) is 5.99. The van der Waals surface area contributed by atoms with Gasteiger partial charge in [0.05, 0.1) is 6.20 Å². The summed E-state index contributed by atoms with van der Waals surface area (Å²) in [5.74, 6) is 0.474. The van der Waals surface area contributed by atoms with Crippen molar-refractivity contribution in [2.75, 3.05) is 0 Å². The van der Waals surface area contributed by atoms with Gasteiger partial charge in [-0.15, -0.1) is 0 Å². The Morgan fingerprint density at radius 3 is 2.44 bits per heavy atom. The van der Waals surface area contributed by atoms with Crippen LogP contribution in [0, 0.1) is 0 Å². The van der Waals surface area contributed by atoms with Crippen molar-refractivity contribution in [3.8, 4) is 11.3 Å². The zero-order valence-electron chi connectivity index (χ0n) is 15.1. The molecule has 1 aromatic heterocycles. The summed E-state index contributed by atoms with van der Waals surface area (Å²) in [6.07, 6.45) is 3.05. The van der Waals surface area contributed by atoms with Crippen LogP contribution in [-0.4, -0.2) is 16.8 Å². The van der Waals surface area contributed by atoms with Crippen LogP contribution in [0.2, 0.25) is 0 Å². The molecule has 0 atom stereocenters. The van der Waals surface area contributed by atoms with Crippen LogP contribution < -0.4 is 10.9 Å². The highest BCUT2D eigenvalue weighted by Crippen LogP contribution is 2.20. The molecule has 27 heavy (non-hydrogen) atoms. The van der Waals surface area contributed by atoms with E-state index in [4.69, 9.17) is 4.42 Å². The quantitative estimate of drug-likeness (QED) is 0.658. The highest BCUT2D eigenvalue weighted by molar-refractivity contribution is 5.95. The number of hydrogen-bond acceptors (Lipinski definition) is 4. The standard InChI is InChI=1S/C21H21N3O3/c1-2-15-8-10-17(11-9-15)21(26)24-23-19(25)12-13-20-22-14-18(27-20)16-6-4-3-5-7-16/h3-11,14H,2,12-13H2,1H3,(H,23,25)(H,24,26). The third kappa shape index (κ3) is 5.04. The molecule has 0 aliphatic carbocycles. The minimum atomic E-state index is -0.353. The van der Waals surface area contributed by atoms with Crippen LogP contribution >= 0.6 is 0 Å². The van der Waals surface area contributed by atoms with E-state index in [2.05, 4.69) is 15.8 Å². The van der Waals surface area contributed by atoms with E-state index < -0.39 is 0 Å². The van der Waals surface area contributed by atoms with E-state index in [1.54, 1.807) is 18.3 Å². The Bertz CT molecular complexity index is 902. The van der Waals surface area contributed by atoms with Gasteiger partial charge in [-0.3, -0.25) is 20.4 Å². The maximum Gasteiger partial charge on any atom is 0.269 e. The van der Waals surface area contributed by atoms with Gasteiger partial charge in [0.1, 0.15) is 0 Å². The molecule has 2 amide bonds. The van der Waals surface area contributed by atoms with Crippen LogP contribution in [0.4, 0.5) is 0 Å². The lowest BCUT2D eigenvalue weighted by molar-refractivity contribution is -0.121. The maximum atomic E-state index is 12.0. The van der Waals surface area contributed by atoms with Crippen molar-refractivity contribution in [2.45, 2.75) is 26.2 Å². The Morgan fingerprint density at radius 1 is 1.00 bits per heavy atom. The van der Waals surface area contributed by atoms with Gasteiger partial charge < -0.3 is 4.42 Å². The summed E-state index contributed by atoms with van der Waals surface area (Å²) in [5, 5.41) is 0. The molecule has 2 aromatic carbocycles. The lowest BCUT2D eigenvalue weighted by atomic mass is 10.1. The van der Waals surface area contributed by atoms with E-state index in [0.717, 1.165) is 17.5 Å². The molecule has 6 heteroatoms. The van der Waals surface area contributed by atoms with Crippen LogP contribution in [0.25, 0.3) is 11.3 Å². The fraction of sp³-hybridized carbons (Fsp3) is 0.190. The van der Waals surface area contributed by atoms with Crippen LogP contribution in [0.15, 0.2) is 65.2 Å². The molecule has 0 unspecified atom stereocenters. The molecule has 0 aliphatic rings. The summed E-state index contributed by atoms with van der Waals surface area (Å²) in [5.41, 5.74) is 7.40. The summed E-state index contributed by atoms with van der Waals surface area (Å²) >= 11 is 0. The van der Waals surface area contributed by atoms with Gasteiger partial charge in [0.25, 0.3) is 5.91 Å². The number of aryl methyl sites for hydroxylation is 2. The van der Waals surface area contributed by atoms with Crippen molar-refractivity contribution < 1.29 is 14.0 Å². The predicted octanol–water partition coefficient (Wildman–Crippen LogP) is 3.30. The smallest absolute Gasteiger partial charge is 0.269 e. The number of rotatable bonds is 6. The maximum absolute atomic E-state index is 12.0. The molecule has 0 radical (unpaired) electrons. The number of oxazole rings is 1. The fourth-order valence-corrected chi connectivity index (χ4v) is 2.54. The van der Waals surface area contributed by atoms with Crippen LogP contribution in [0.5, 0.6) is 0 Å². The molecule has 3 aromatic rings. The van der Waals surface area contributed by atoms with Crippen LogP contribution in [0.3, 0.4) is 0 Å². The van der Waals surface area contributed by atoms with Crippen molar-refractivity contribution in [1.82, 2.24) is 15.8 Å². The molecule has 6 nitrogen and oxygen atoms in total. The van der Waals surface area contributed by atoms with Gasteiger partial charge in [0, 0.05) is 24.0 Å². The lowest BCUT2D eigenvalue weighted by Gasteiger charge is -2.07. The van der Waals surface area contributed by atoms with Gasteiger partial charge in [-0.2, -0.15) is 0 Å². The molecule has 0 aliphatic heterocycles. The first kappa shape index (κ1) is 18.4. The van der Waals surface area contributed by atoms with Crippen molar-refractivity contribution in [3.05, 3.63) is 77.8 Å². The number of hydrazine groups is 1. The molecule has 0 saturated heterocycles. The zero-order chi connectivity index (χ0) is 19.1. The van der Waals surface area contributed by atoms with Gasteiger partial charge >= 0.3 is 0 Å². The van der Waals surface area contributed by atoms with Crippen LogP contribution in [0.1, 0.15) is 35.2 Å². The second kappa shape index (κ2) is 8.80. The molecule has 0 bridgehead atoms. The van der Waals surface area contributed by atoms with E-state index >= 15 is 0 Å². The number of carbonyl (C=O) groups excluding carboxylic acids is 2. The molecular formula is C21H21N3O3. The summed E-state index contributed by atoms with van der Waals surface area (Å²) in [4.78, 5) is 28.2. The van der Waals surface area contributed by atoms with Crippen molar-refractivity contribution in [1.29, 1.82) is 0 Å². The first-order valence-electron chi connectivity index (χ1n) is 8.84. The average Bonchev–Trinajstić information content (AvgIpc) is 3.20. The molecule has 2 N–H and O–H groups in total. The summed E-state index contributed by atoms with van der Waals surface area (Å²) in [6.45, 7) is 2.05. The van der Waals surface area contributed by atoms with E-state index in [-0.39, 0.29) is 18.2 Å². The van der Waals surface area contributed by atoms with Crippen LogP contribution in [-0.2, 0) is 17.6 Å². The monoisotopic (exact) mass is 363 g/mol. The predicted molar refractivity (Wildman–Crippen MR) is 102 cm³/mol. The largest absolute Gasteiger partial charge is 0.441 e. The topological polar surface area (TPSA) is 84.2 Å². The SMILES string of the molecule is CCc1ccc(C(=O)NNC(=O)CCc2ncc(-c3ccccc3)o2)cc1. The molecule has 1 heterocycles. The fourth-order valence-electron chi connectivity index (χ4n) is 2.54. The first-order valence-corrected chi connectivity index (χ1v) is 8.84. The Morgan fingerprint density at radius 2 is 1.74 bits per heavy atom. The summed E-state index contributed by atoms with van der Waals surface area (Å²) in [6, 6.07) is 16.9. The number of nitrogens with zero attached hydrogens (tertiary/aromatic N) is 1. The summed E-state index contributed by atoms with van der Waals surface area (Å²) < 4.78 is 5.66. The minimum absolute atomic E-state index is 0.157. The number of carbonyl (C=O) groups is 2.